The highest BCUT2D eigenvalue weighted by molar-refractivity contribution is 5.28. The molecule has 0 saturated carbocycles. The number of aromatic nitrogens is 2. The Morgan fingerprint density at radius 1 is 1.29 bits per heavy atom. The van der Waals surface area contributed by atoms with Crippen molar-refractivity contribution in [3.63, 3.8) is 0 Å². The van der Waals surface area contributed by atoms with E-state index in [1.54, 1.807) is 0 Å². The van der Waals surface area contributed by atoms with E-state index < -0.39 is 0 Å². The second kappa shape index (κ2) is 4.72. The van der Waals surface area contributed by atoms with Gasteiger partial charge < -0.3 is 10.3 Å². The van der Waals surface area contributed by atoms with Crippen LogP contribution in [0.1, 0.15) is 28.3 Å². The number of hydrogen-bond acceptors (Lipinski definition) is 2. The van der Waals surface area contributed by atoms with E-state index in [1.807, 2.05) is 7.05 Å². The molecule has 1 aromatic carbocycles. The summed E-state index contributed by atoms with van der Waals surface area (Å²) in [6.45, 7) is 4.70. The van der Waals surface area contributed by atoms with Gasteiger partial charge in [0.15, 0.2) is 0 Å². The Bertz CT molecular complexity index is 526. The Morgan fingerprint density at radius 3 is 2.65 bits per heavy atom. The van der Waals surface area contributed by atoms with E-state index in [1.165, 1.54) is 16.8 Å². The lowest BCUT2D eigenvalue weighted by atomic mass is 10.1. The molecule has 90 valence electrons. The number of nitrogens with two attached hydrogens (primary N) is 1. The molecule has 0 atom stereocenters. The van der Waals surface area contributed by atoms with Gasteiger partial charge in [0.1, 0.15) is 5.82 Å². The molecule has 2 aromatic rings. The van der Waals surface area contributed by atoms with Gasteiger partial charge in [0, 0.05) is 19.2 Å². The van der Waals surface area contributed by atoms with Gasteiger partial charge in [-0.25, -0.2) is 4.98 Å². The van der Waals surface area contributed by atoms with Crippen LogP contribution in [0.25, 0.3) is 0 Å². The lowest BCUT2D eigenvalue weighted by Crippen LogP contribution is -2.05. The summed E-state index contributed by atoms with van der Waals surface area (Å²) in [6, 6.07) is 8.55. The van der Waals surface area contributed by atoms with E-state index in [2.05, 4.69) is 47.7 Å². The Hall–Kier alpha value is -1.61. The predicted molar refractivity (Wildman–Crippen MR) is 69.8 cm³/mol. The normalized spacial score (nSPS) is 10.8. The maximum atomic E-state index is 5.67. The zero-order valence-corrected chi connectivity index (χ0v) is 10.7. The third kappa shape index (κ3) is 2.39. The van der Waals surface area contributed by atoms with Crippen LogP contribution in [0.2, 0.25) is 0 Å². The van der Waals surface area contributed by atoms with Crippen LogP contribution in [0.4, 0.5) is 0 Å². The lowest BCUT2D eigenvalue weighted by Gasteiger charge is -2.02. The van der Waals surface area contributed by atoms with E-state index >= 15 is 0 Å². The molecule has 0 saturated heterocycles. The molecule has 0 fully saturated rings. The summed E-state index contributed by atoms with van der Waals surface area (Å²) in [5.41, 5.74) is 10.6. The minimum atomic E-state index is 0.491. The van der Waals surface area contributed by atoms with Gasteiger partial charge in [0.25, 0.3) is 0 Å². The highest BCUT2D eigenvalue weighted by Gasteiger charge is 2.10. The molecular weight excluding hydrogens is 210 g/mol. The van der Waals surface area contributed by atoms with Gasteiger partial charge in [-0.3, -0.25) is 0 Å². The minimum absolute atomic E-state index is 0.491. The number of rotatable bonds is 3. The van der Waals surface area contributed by atoms with Crippen molar-refractivity contribution in [2.45, 2.75) is 26.8 Å². The first-order valence-corrected chi connectivity index (χ1v) is 5.88. The Balaban J connectivity index is 2.30. The Labute approximate surface area is 102 Å². The molecule has 0 aliphatic carbocycles. The summed E-state index contributed by atoms with van der Waals surface area (Å²) in [7, 11) is 2.02. The second-order valence-corrected chi connectivity index (χ2v) is 4.49. The predicted octanol–water partition coefficient (Wildman–Crippen LogP) is 2.09. The molecule has 0 spiro atoms. The van der Waals surface area contributed by atoms with Gasteiger partial charge in [-0.05, 0) is 19.4 Å². The fourth-order valence-corrected chi connectivity index (χ4v) is 2.06. The molecular formula is C14H19N3. The summed E-state index contributed by atoms with van der Waals surface area (Å²) in [4.78, 5) is 4.59. The Morgan fingerprint density at radius 2 is 2.06 bits per heavy atom. The molecule has 1 aromatic heterocycles. The van der Waals surface area contributed by atoms with Crippen molar-refractivity contribution in [1.82, 2.24) is 9.55 Å². The molecule has 17 heavy (non-hydrogen) atoms. The van der Waals surface area contributed by atoms with Crippen LogP contribution in [0.5, 0.6) is 0 Å². The van der Waals surface area contributed by atoms with Crippen LogP contribution in [0, 0.1) is 13.8 Å². The molecule has 0 bridgehead atoms. The zero-order valence-electron chi connectivity index (χ0n) is 10.7. The minimum Gasteiger partial charge on any atom is -0.334 e. The summed E-state index contributed by atoms with van der Waals surface area (Å²) < 4.78 is 2.07. The van der Waals surface area contributed by atoms with Crippen molar-refractivity contribution in [2.24, 2.45) is 12.8 Å². The third-order valence-electron chi connectivity index (χ3n) is 3.21. The first-order valence-electron chi connectivity index (χ1n) is 5.88. The molecule has 3 heteroatoms. The number of aryl methyl sites for hydroxylation is 1. The maximum Gasteiger partial charge on any atom is 0.122 e. The van der Waals surface area contributed by atoms with Crippen LogP contribution in [-0.4, -0.2) is 9.55 Å². The topological polar surface area (TPSA) is 43.8 Å². The quantitative estimate of drug-likeness (QED) is 0.875. The van der Waals surface area contributed by atoms with E-state index in [0.29, 0.717) is 6.54 Å². The fraction of sp³-hybridized carbons (Fsp3) is 0.357. The molecule has 0 amide bonds. The van der Waals surface area contributed by atoms with Crippen molar-refractivity contribution in [3.05, 3.63) is 52.6 Å². The van der Waals surface area contributed by atoms with Gasteiger partial charge in [0.05, 0.1) is 12.2 Å². The lowest BCUT2D eigenvalue weighted by molar-refractivity contribution is 0.774. The van der Waals surface area contributed by atoms with Crippen LogP contribution in [-0.2, 0) is 20.0 Å². The van der Waals surface area contributed by atoms with Gasteiger partial charge in [-0.15, -0.1) is 0 Å². The maximum absolute atomic E-state index is 5.67. The molecule has 2 N–H and O–H groups in total. The standard InChI is InChI=1S/C14H19N3/c1-10-5-4-6-12(7-10)8-13-11(2)17(3)14(9-15)16-13/h4-7H,8-9,15H2,1-3H3. The van der Waals surface area contributed by atoms with Crippen LogP contribution >= 0.6 is 0 Å². The largest absolute Gasteiger partial charge is 0.334 e. The summed E-state index contributed by atoms with van der Waals surface area (Å²) in [5.74, 6) is 0.949. The molecule has 1 heterocycles. The number of benzene rings is 1. The van der Waals surface area contributed by atoms with Crippen molar-refractivity contribution in [1.29, 1.82) is 0 Å². The number of hydrogen-bond donors (Lipinski definition) is 1. The van der Waals surface area contributed by atoms with E-state index in [4.69, 9.17) is 5.73 Å². The van der Waals surface area contributed by atoms with Gasteiger partial charge >= 0.3 is 0 Å². The van der Waals surface area contributed by atoms with Gasteiger partial charge in [-0.1, -0.05) is 29.8 Å². The Kier molecular flexibility index (Phi) is 3.29. The molecule has 0 aliphatic rings. The second-order valence-electron chi connectivity index (χ2n) is 4.49. The molecule has 2 rings (SSSR count). The highest BCUT2D eigenvalue weighted by Crippen LogP contribution is 2.15. The average molecular weight is 229 g/mol. The molecule has 0 aliphatic heterocycles. The number of imidazole rings is 1. The summed E-state index contributed by atoms with van der Waals surface area (Å²) >= 11 is 0. The summed E-state index contributed by atoms with van der Waals surface area (Å²) in [5, 5.41) is 0. The average Bonchev–Trinajstić information content (AvgIpc) is 2.57. The number of nitrogens with zero attached hydrogens (tertiary/aromatic N) is 2. The summed E-state index contributed by atoms with van der Waals surface area (Å²) in [6.07, 6.45) is 0.876. The van der Waals surface area contributed by atoms with Crippen molar-refractivity contribution < 1.29 is 0 Å². The fourth-order valence-electron chi connectivity index (χ4n) is 2.06. The van der Waals surface area contributed by atoms with E-state index in [0.717, 1.165) is 17.9 Å². The zero-order chi connectivity index (χ0) is 12.4. The van der Waals surface area contributed by atoms with Crippen molar-refractivity contribution >= 4 is 0 Å². The van der Waals surface area contributed by atoms with Gasteiger partial charge in [0.2, 0.25) is 0 Å². The highest BCUT2D eigenvalue weighted by atomic mass is 15.1. The van der Waals surface area contributed by atoms with Crippen LogP contribution < -0.4 is 5.73 Å². The van der Waals surface area contributed by atoms with Crippen LogP contribution in [0.3, 0.4) is 0 Å². The molecule has 3 nitrogen and oxygen atoms in total. The first-order chi connectivity index (χ1) is 8.11. The van der Waals surface area contributed by atoms with E-state index in [-0.39, 0.29) is 0 Å². The van der Waals surface area contributed by atoms with E-state index in [9.17, 15) is 0 Å². The monoisotopic (exact) mass is 229 g/mol. The molecule has 0 unspecified atom stereocenters. The van der Waals surface area contributed by atoms with Crippen molar-refractivity contribution in [3.8, 4) is 0 Å². The smallest absolute Gasteiger partial charge is 0.122 e. The first kappa shape index (κ1) is 11.9. The van der Waals surface area contributed by atoms with Crippen molar-refractivity contribution in [2.75, 3.05) is 0 Å². The molecule has 0 radical (unpaired) electrons. The van der Waals surface area contributed by atoms with Gasteiger partial charge in [-0.2, -0.15) is 0 Å². The SMILES string of the molecule is Cc1cccc(Cc2nc(CN)n(C)c2C)c1. The third-order valence-corrected chi connectivity index (χ3v) is 3.21. The van der Waals surface area contributed by atoms with Crippen LogP contribution in [0.15, 0.2) is 24.3 Å².